The summed E-state index contributed by atoms with van der Waals surface area (Å²) in [5, 5.41) is -1.85. The van der Waals surface area contributed by atoms with Crippen LogP contribution in [0.4, 0.5) is 17.1 Å². The predicted molar refractivity (Wildman–Crippen MR) is 312 cm³/mol. The zero-order valence-electron chi connectivity index (χ0n) is 65.8. The molecular formula is C70H67NO2. The summed E-state index contributed by atoms with van der Waals surface area (Å²) in [6.07, 6.45) is 0. The molecule has 0 N–H and O–H groups in total. The number of benzene rings is 9. The van der Waals surface area contributed by atoms with Crippen LogP contribution in [0.5, 0.6) is 0 Å². The van der Waals surface area contributed by atoms with Gasteiger partial charge in [0, 0.05) is 49.8 Å². The van der Waals surface area contributed by atoms with E-state index in [-0.39, 0.29) is 84.5 Å². The summed E-state index contributed by atoms with van der Waals surface area (Å²) in [6, 6.07) is -13.1. The molecule has 0 unspecified atom stereocenters. The Balaban J connectivity index is 1.25. The minimum absolute atomic E-state index is 0.0849. The first-order valence-electron chi connectivity index (χ1n) is 35.5. The molecular weight excluding hydrogens is 887 g/mol. The van der Waals surface area contributed by atoms with E-state index in [1.807, 2.05) is 34.6 Å². The molecule has 0 saturated heterocycles. The second-order valence-electron chi connectivity index (χ2n) is 21.8. The molecule has 0 fully saturated rings. The van der Waals surface area contributed by atoms with Gasteiger partial charge in [-0.3, -0.25) is 0 Å². The summed E-state index contributed by atoms with van der Waals surface area (Å²) in [7, 11) is 0. The highest BCUT2D eigenvalue weighted by Crippen LogP contribution is 2.68. The van der Waals surface area contributed by atoms with Crippen LogP contribution in [-0.4, -0.2) is 0 Å². The van der Waals surface area contributed by atoms with Crippen molar-refractivity contribution < 1.29 is 39.0 Å². The molecule has 0 amide bonds. The lowest BCUT2D eigenvalue weighted by molar-refractivity contribution is 0.0938. The summed E-state index contributed by atoms with van der Waals surface area (Å²) in [6.45, 7) is 29.5. The zero-order chi connectivity index (χ0) is 70.5. The molecule has 0 aliphatic heterocycles. The Kier molecular flexibility index (Phi) is 6.20. The fraction of sp³-hybridized carbons (Fsp3) is 0.257. The number of hydrogen-bond donors (Lipinski definition) is 0. The van der Waals surface area contributed by atoms with E-state index in [1.54, 1.807) is 13.8 Å². The van der Waals surface area contributed by atoms with Gasteiger partial charge in [0.2, 0.25) is 0 Å². The van der Waals surface area contributed by atoms with Gasteiger partial charge in [-0.25, -0.2) is 0 Å². The van der Waals surface area contributed by atoms with E-state index in [9.17, 15) is 15.1 Å². The SMILES string of the molecule is [2H]c1c([2H])c([2H])c(-c2c([2H])c3c(oc4c([2H])c([2H])c(-c5c([2H])c([2H])c(N(c6c(C)c(C)c7c(c6C)C(C(C)(C)C)(C(C)(C)C)c6c(C)c(C)c(C)c([2H])c6-7)c6c([2H])c([2H])c7c(oc8c([2H])c(C)c([2H])c([2H])c87)c6[2H])c(C)c5C)c([2H])c43)c3c([2H])c([2H])c([2H])c([2H])c23)c([2H])c1[2H]. The topological polar surface area (TPSA) is 29.5 Å². The van der Waals surface area contributed by atoms with Crippen LogP contribution in [-0.2, 0) is 5.41 Å². The van der Waals surface area contributed by atoms with Gasteiger partial charge in [-0.15, -0.1) is 0 Å². The first kappa shape index (κ1) is 28.2. The minimum atomic E-state index is -0.914. The quantitative estimate of drug-likeness (QED) is 0.172. The lowest BCUT2D eigenvalue weighted by atomic mass is 9.48. The number of fused-ring (bicyclic) bond motifs is 11. The smallest absolute Gasteiger partial charge is 0.143 e. The van der Waals surface area contributed by atoms with Crippen molar-refractivity contribution >= 4 is 71.7 Å². The number of hydrogen-bond acceptors (Lipinski definition) is 3. The first-order chi connectivity index (χ1) is 43.9. The highest BCUT2D eigenvalue weighted by atomic mass is 16.3. The molecule has 0 spiro atoms. The van der Waals surface area contributed by atoms with E-state index in [0.29, 0.717) is 22.9 Å². The number of anilines is 3. The summed E-state index contributed by atoms with van der Waals surface area (Å²) >= 11 is 0. The molecule has 364 valence electrons. The van der Waals surface area contributed by atoms with Crippen molar-refractivity contribution in [3.05, 3.63) is 194 Å². The van der Waals surface area contributed by atoms with Crippen LogP contribution in [0.15, 0.2) is 142 Å². The Morgan fingerprint density at radius 1 is 0.425 bits per heavy atom. The van der Waals surface area contributed by atoms with E-state index >= 15 is 0 Å². The van der Waals surface area contributed by atoms with Gasteiger partial charge >= 0.3 is 0 Å². The molecule has 0 atom stereocenters. The second kappa shape index (κ2) is 16.1. The second-order valence-corrected chi connectivity index (χ2v) is 21.8. The van der Waals surface area contributed by atoms with Crippen LogP contribution >= 0.6 is 0 Å². The maximum absolute atomic E-state index is 10.5. The van der Waals surface area contributed by atoms with Gasteiger partial charge in [0.05, 0.1) is 35.8 Å². The Morgan fingerprint density at radius 2 is 1.10 bits per heavy atom. The van der Waals surface area contributed by atoms with Crippen molar-refractivity contribution in [2.75, 3.05) is 4.90 Å². The van der Waals surface area contributed by atoms with Crippen molar-refractivity contribution in [3.8, 4) is 33.4 Å². The van der Waals surface area contributed by atoms with Crippen molar-refractivity contribution in [3.63, 3.8) is 0 Å². The molecule has 0 saturated carbocycles. The molecule has 0 bridgehead atoms. The molecule has 11 aromatic rings. The lowest BCUT2D eigenvalue weighted by Gasteiger charge is -2.54. The number of nitrogens with zero attached hydrogens (tertiary/aromatic N) is 1. The maximum Gasteiger partial charge on any atom is 0.143 e. The van der Waals surface area contributed by atoms with Crippen LogP contribution in [0.25, 0.3) is 88.0 Å². The average Bonchev–Trinajstić information content (AvgIpc) is 1.52. The van der Waals surface area contributed by atoms with Gasteiger partial charge in [0.25, 0.3) is 0 Å². The van der Waals surface area contributed by atoms with Crippen LogP contribution in [0.1, 0.15) is 133 Å². The standard InChI is InChI=1S/C70H67NO2/c1-38-25-28-52-53-29-27-49(36-62(53)72-61(52)33-38)71(66-45(8)43(6)63-58-34-39(2)40(3)44(7)64(58)70(68(10,11)12,69(13,14)15)65(63)46(66)9)59-31-30-50(41(4)42(59)5)48-26-32-60-56(35-48)57-37-55(47-21-17-16-18-22-47)51-23-19-20-24-54(51)67(57)73-60/h16-37H,1-15H3/i16D,17D,18D,19D,20D,21D,22D,23D,24D,25D,26D,27D,28D,29D,30D,31D,32D,33D,34D,35D,36D,37D. The van der Waals surface area contributed by atoms with E-state index < -0.39 is 164 Å². The third-order valence-corrected chi connectivity index (χ3v) is 15.9. The molecule has 9 aromatic carbocycles. The summed E-state index contributed by atoms with van der Waals surface area (Å²) in [5.74, 6) is 0. The van der Waals surface area contributed by atoms with Gasteiger partial charge in [-0.05, 0) is 215 Å². The Morgan fingerprint density at radius 3 is 1.81 bits per heavy atom. The third kappa shape index (κ3) is 6.49. The van der Waals surface area contributed by atoms with E-state index in [4.69, 9.17) is 23.9 Å². The van der Waals surface area contributed by atoms with Gasteiger partial charge in [0.1, 0.15) is 22.3 Å². The highest BCUT2D eigenvalue weighted by Gasteiger charge is 2.60. The Bertz CT molecular complexity index is 5400. The van der Waals surface area contributed by atoms with Crippen LogP contribution < -0.4 is 4.90 Å². The molecule has 3 nitrogen and oxygen atoms in total. The molecule has 2 heterocycles. The van der Waals surface area contributed by atoms with Crippen molar-refractivity contribution in [1.82, 2.24) is 0 Å². The van der Waals surface area contributed by atoms with Gasteiger partial charge in [0.15, 0.2) is 0 Å². The normalized spacial score (nSPS) is 17.7. The molecule has 0 radical (unpaired) electrons. The summed E-state index contributed by atoms with van der Waals surface area (Å²) in [5.41, 5.74) is 3.26. The maximum atomic E-state index is 10.5. The zero-order valence-corrected chi connectivity index (χ0v) is 43.8. The molecule has 73 heavy (non-hydrogen) atoms. The Labute approximate surface area is 462 Å². The number of rotatable bonds is 5. The van der Waals surface area contributed by atoms with Crippen LogP contribution in [0.3, 0.4) is 0 Å². The highest BCUT2D eigenvalue weighted by molar-refractivity contribution is 6.19. The largest absolute Gasteiger partial charge is 0.456 e. The average molecular weight is 976 g/mol. The van der Waals surface area contributed by atoms with Crippen molar-refractivity contribution in [1.29, 1.82) is 0 Å². The molecule has 1 aliphatic rings. The van der Waals surface area contributed by atoms with Gasteiger partial charge in [-0.1, -0.05) is 126 Å². The summed E-state index contributed by atoms with van der Waals surface area (Å²) in [4.78, 5) is 1.53. The van der Waals surface area contributed by atoms with E-state index in [1.165, 1.54) is 11.8 Å². The Hall–Kier alpha value is -7.36. The fourth-order valence-corrected chi connectivity index (χ4v) is 12.5. The van der Waals surface area contributed by atoms with Gasteiger partial charge < -0.3 is 13.7 Å². The minimum Gasteiger partial charge on any atom is -0.456 e. The molecule has 3 heteroatoms. The first-order valence-corrected chi connectivity index (χ1v) is 24.5. The van der Waals surface area contributed by atoms with Crippen molar-refractivity contribution in [2.45, 2.75) is 109 Å². The monoisotopic (exact) mass is 976 g/mol. The molecule has 12 rings (SSSR count). The predicted octanol–water partition coefficient (Wildman–Crippen LogP) is 20.6. The number of furan rings is 2. The summed E-state index contributed by atoms with van der Waals surface area (Å²) < 4.78 is 220. The van der Waals surface area contributed by atoms with Gasteiger partial charge in [-0.2, -0.15) is 0 Å². The van der Waals surface area contributed by atoms with Crippen LogP contribution in [0.2, 0.25) is 0 Å². The van der Waals surface area contributed by atoms with Crippen molar-refractivity contribution in [2.24, 2.45) is 10.8 Å². The molecule has 2 aromatic heterocycles. The fourth-order valence-electron chi connectivity index (χ4n) is 12.5. The molecule has 1 aliphatic carbocycles. The van der Waals surface area contributed by atoms with E-state index in [2.05, 4.69) is 48.5 Å². The van der Waals surface area contributed by atoms with Crippen LogP contribution in [0, 0.1) is 73.1 Å². The lowest BCUT2D eigenvalue weighted by Crippen LogP contribution is -2.51. The third-order valence-electron chi connectivity index (χ3n) is 15.9. The van der Waals surface area contributed by atoms with E-state index in [0.717, 1.165) is 44.5 Å².